The van der Waals surface area contributed by atoms with Crippen LogP contribution in [0.15, 0.2) is 6.20 Å². The van der Waals surface area contributed by atoms with Crippen LogP contribution in [0, 0.1) is 0 Å². The second-order valence-electron chi connectivity index (χ2n) is 5.81. The van der Waals surface area contributed by atoms with Crippen molar-refractivity contribution in [1.82, 2.24) is 25.2 Å². The summed E-state index contributed by atoms with van der Waals surface area (Å²) >= 11 is 0. The Morgan fingerprint density at radius 1 is 1.43 bits per heavy atom. The molecule has 0 aromatic carbocycles. The summed E-state index contributed by atoms with van der Waals surface area (Å²) < 4.78 is 39.1. The van der Waals surface area contributed by atoms with Gasteiger partial charge in [0.2, 0.25) is 0 Å². The highest BCUT2D eigenvalue weighted by atomic mass is 19.4. The van der Waals surface area contributed by atoms with E-state index in [1.54, 1.807) is 24.7 Å². The number of aromatic nitrogens is 3. The van der Waals surface area contributed by atoms with E-state index in [1.165, 1.54) is 17.7 Å². The minimum atomic E-state index is -4.17. The van der Waals surface area contributed by atoms with Crippen molar-refractivity contribution in [3.05, 3.63) is 11.9 Å². The number of rotatable bonds is 8. The van der Waals surface area contributed by atoms with E-state index >= 15 is 0 Å². The number of halogens is 3. The predicted molar refractivity (Wildman–Crippen MR) is 72.6 cm³/mol. The molecule has 8 heteroatoms. The molecule has 0 saturated heterocycles. The van der Waals surface area contributed by atoms with Crippen LogP contribution in [0.3, 0.4) is 0 Å². The van der Waals surface area contributed by atoms with Gasteiger partial charge in [-0.05, 0) is 26.7 Å². The van der Waals surface area contributed by atoms with Crippen LogP contribution in [-0.4, -0.2) is 51.2 Å². The summed E-state index contributed by atoms with van der Waals surface area (Å²) in [5.74, 6) is 0. The van der Waals surface area contributed by atoms with Gasteiger partial charge in [-0.25, -0.2) is 0 Å². The molecule has 1 N–H and O–H groups in total. The zero-order valence-corrected chi connectivity index (χ0v) is 12.4. The van der Waals surface area contributed by atoms with Gasteiger partial charge in [-0.1, -0.05) is 5.21 Å². The quantitative estimate of drug-likeness (QED) is 0.795. The molecule has 0 spiro atoms. The van der Waals surface area contributed by atoms with Crippen molar-refractivity contribution >= 4 is 0 Å². The van der Waals surface area contributed by atoms with Gasteiger partial charge in [0.25, 0.3) is 0 Å². The Kier molecular flexibility index (Phi) is 5.21. The summed E-state index contributed by atoms with van der Waals surface area (Å²) in [5.41, 5.74) is 0.828. The lowest BCUT2D eigenvalue weighted by atomic mass is 10.3. The molecule has 0 aliphatic heterocycles. The van der Waals surface area contributed by atoms with Crippen molar-refractivity contribution in [1.29, 1.82) is 0 Å². The molecule has 0 radical (unpaired) electrons. The highest BCUT2D eigenvalue weighted by Gasteiger charge is 2.31. The van der Waals surface area contributed by atoms with Crippen LogP contribution in [-0.2, 0) is 13.1 Å². The average Bonchev–Trinajstić information content (AvgIpc) is 3.09. The summed E-state index contributed by atoms with van der Waals surface area (Å²) in [5, 5.41) is 11.3. The third kappa shape index (κ3) is 6.01. The van der Waals surface area contributed by atoms with Gasteiger partial charge in [-0.3, -0.25) is 9.58 Å². The van der Waals surface area contributed by atoms with Crippen molar-refractivity contribution in [2.75, 3.05) is 13.1 Å². The van der Waals surface area contributed by atoms with Gasteiger partial charge in [-0.15, -0.1) is 5.10 Å². The molecule has 0 amide bonds. The summed E-state index contributed by atoms with van der Waals surface area (Å²) in [6.07, 6.45) is 0.0251. The maximum absolute atomic E-state index is 12.5. The van der Waals surface area contributed by atoms with Gasteiger partial charge in [0.05, 0.1) is 18.8 Å². The molecule has 21 heavy (non-hydrogen) atoms. The highest BCUT2D eigenvalue weighted by molar-refractivity contribution is 4.94. The van der Waals surface area contributed by atoms with Gasteiger partial charge < -0.3 is 5.32 Å². The van der Waals surface area contributed by atoms with E-state index < -0.39 is 12.7 Å². The molecule has 1 aromatic rings. The first-order chi connectivity index (χ1) is 9.83. The second-order valence-corrected chi connectivity index (χ2v) is 5.81. The molecule has 1 aliphatic rings. The van der Waals surface area contributed by atoms with Crippen molar-refractivity contribution in [2.24, 2.45) is 0 Å². The van der Waals surface area contributed by atoms with Crippen LogP contribution < -0.4 is 5.32 Å². The van der Waals surface area contributed by atoms with Crippen LogP contribution in [0.5, 0.6) is 0 Å². The van der Waals surface area contributed by atoms with E-state index in [4.69, 9.17) is 0 Å². The van der Waals surface area contributed by atoms with E-state index in [0.29, 0.717) is 25.7 Å². The Hall–Kier alpha value is -1.15. The summed E-state index contributed by atoms with van der Waals surface area (Å²) in [4.78, 5) is 1.39. The standard InChI is InChI=1S/C13H22F3N5/c1-10(2)20(9-13(14,15)16)5-6-21-8-12(18-19-21)7-17-11-3-4-11/h8,10-11,17H,3-7,9H2,1-2H3. The normalized spacial score (nSPS) is 16.1. The zero-order chi connectivity index (χ0) is 15.5. The number of hydrogen-bond donors (Lipinski definition) is 1. The number of nitrogens with zero attached hydrogens (tertiary/aromatic N) is 4. The van der Waals surface area contributed by atoms with E-state index in [0.717, 1.165) is 5.69 Å². The van der Waals surface area contributed by atoms with Crippen molar-refractivity contribution in [3.63, 3.8) is 0 Å². The third-order valence-corrected chi connectivity index (χ3v) is 3.46. The van der Waals surface area contributed by atoms with Gasteiger partial charge in [-0.2, -0.15) is 13.2 Å². The Morgan fingerprint density at radius 3 is 2.71 bits per heavy atom. The minimum Gasteiger partial charge on any atom is -0.308 e. The molecule has 1 fully saturated rings. The van der Waals surface area contributed by atoms with Crippen molar-refractivity contribution in [2.45, 2.75) is 58.0 Å². The fraction of sp³-hybridized carbons (Fsp3) is 0.846. The van der Waals surface area contributed by atoms with Crippen LogP contribution in [0.2, 0.25) is 0 Å². The smallest absolute Gasteiger partial charge is 0.308 e. The molecule has 2 rings (SSSR count). The molecule has 1 aliphatic carbocycles. The Morgan fingerprint density at radius 2 is 2.14 bits per heavy atom. The highest BCUT2D eigenvalue weighted by Crippen LogP contribution is 2.19. The maximum atomic E-state index is 12.5. The van der Waals surface area contributed by atoms with E-state index in [2.05, 4.69) is 15.6 Å². The lowest BCUT2D eigenvalue weighted by molar-refractivity contribution is -0.149. The molecular formula is C13H22F3N5. The summed E-state index contributed by atoms with van der Waals surface area (Å²) in [6, 6.07) is 0.435. The molecular weight excluding hydrogens is 283 g/mol. The maximum Gasteiger partial charge on any atom is 0.401 e. The van der Waals surface area contributed by atoms with Gasteiger partial charge in [0, 0.05) is 31.4 Å². The largest absolute Gasteiger partial charge is 0.401 e. The molecule has 0 bridgehead atoms. The number of hydrogen-bond acceptors (Lipinski definition) is 4. The first-order valence-corrected chi connectivity index (χ1v) is 7.26. The van der Waals surface area contributed by atoms with E-state index in [-0.39, 0.29) is 6.04 Å². The SMILES string of the molecule is CC(C)N(CCn1cc(CNC2CC2)nn1)CC(F)(F)F. The average molecular weight is 305 g/mol. The first kappa shape index (κ1) is 16.2. The first-order valence-electron chi connectivity index (χ1n) is 7.26. The molecule has 0 unspecified atom stereocenters. The van der Waals surface area contributed by atoms with Crippen LogP contribution in [0.25, 0.3) is 0 Å². The molecule has 1 saturated carbocycles. The van der Waals surface area contributed by atoms with Crippen molar-refractivity contribution < 1.29 is 13.2 Å². The molecule has 5 nitrogen and oxygen atoms in total. The number of alkyl halides is 3. The molecule has 0 atom stereocenters. The Balaban J connectivity index is 1.79. The number of nitrogens with one attached hydrogen (secondary N) is 1. The topological polar surface area (TPSA) is 46.0 Å². The van der Waals surface area contributed by atoms with Crippen LogP contribution >= 0.6 is 0 Å². The molecule has 1 heterocycles. The Labute approximate surface area is 122 Å². The van der Waals surface area contributed by atoms with E-state index in [1.807, 2.05) is 0 Å². The predicted octanol–water partition coefficient (Wildman–Crippen LogP) is 1.80. The summed E-state index contributed by atoms with van der Waals surface area (Å²) in [7, 11) is 0. The fourth-order valence-electron chi connectivity index (χ4n) is 2.05. The molecule has 120 valence electrons. The minimum absolute atomic E-state index is 0.161. The van der Waals surface area contributed by atoms with Crippen LogP contribution in [0.1, 0.15) is 32.4 Å². The van der Waals surface area contributed by atoms with Gasteiger partial charge in [0.15, 0.2) is 0 Å². The van der Waals surface area contributed by atoms with Crippen LogP contribution in [0.4, 0.5) is 13.2 Å². The zero-order valence-electron chi connectivity index (χ0n) is 12.4. The monoisotopic (exact) mass is 305 g/mol. The van der Waals surface area contributed by atoms with Crippen molar-refractivity contribution in [3.8, 4) is 0 Å². The lowest BCUT2D eigenvalue weighted by Crippen LogP contribution is -2.40. The molecule has 1 aromatic heterocycles. The third-order valence-electron chi connectivity index (χ3n) is 3.46. The van der Waals surface area contributed by atoms with E-state index in [9.17, 15) is 13.2 Å². The summed E-state index contributed by atoms with van der Waals surface area (Å²) in [6.45, 7) is 4.01. The Bertz CT molecular complexity index is 439. The lowest BCUT2D eigenvalue weighted by Gasteiger charge is -2.27. The fourth-order valence-corrected chi connectivity index (χ4v) is 2.05. The second kappa shape index (κ2) is 6.74. The van der Waals surface area contributed by atoms with Gasteiger partial charge >= 0.3 is 6.18 Å². The van der Waals surface area contributed by atoms with Gasteiger partial charge in [0.1, 0.15) is 0 Å².